The minimum absolute atomic E-state index is 0.134. The third-order valence-electron chi connectivity index (χ3n) is 4.30. The minimum atomic E-state index is -0.436. The van der Waals surface area contributed by atoms with E-state index in [1.165, 1.54) is 12.1 Å². The van der Waals surface area contributed by atoms with Gasteiger partial charge in [0, 0.05) is 31.5 Å². The van der Waals surface area contributed by atoms with Crippen LogP contribution in [0.15, 0.2) is 24.3 Å². The molecular weight excluding hydrogens is 287 g/mol. The average molecular weight is 309 g/mol. The van der Waals surface area contributed by atoms with Crippen molar-refractivity contribution in [2.75, 3.05) is 32.8 Å². The summed E-state index contributed by atoms with van der Waals surface area (Å²) in [5, 5.41) is 1.95. The zero-order valence-corrected chi connectivity index (χ0v) is 12.6. The Kier molecular flexibility index (Phi) is 4.71. The number of benzene rings is 1. The van der Waals surface area contributed by atoms with Crippen molar-refractivity contribution in [1.82, 2.24) is 4.90 Å². The number of quaternary nitrogens is 1. The first kappa shape index (κ1) is 15.4. The van der Waals surface area contributed by atoms with Crippen LogP contribution in [-0.4, -0.2) is 49.4 Å². The number of ether oxygens (including phenoxy) is 2. The first-order chi connectivity index (χ1) is 10.7. The van der Waals surface area contributed by atoms with E-state index < -0.39 is 5.79 Å². The summed E-state index contributed by atoms with van der Waals surface area (Å²) in [6.45, 7) is 3.76. The molecule has 0 radical (unpaired) electrons. The number of halogens is 1. The largest absolute Gasteiger partial charge is 0.347 e. The Labute approximate surface area is 129 Å². The van der Waals surface area contributed by atoms with Gasteiger partial charge in [-0.1, -0.05) is 12.1 Å². The quantitative estimate of drug-likeness (QED) is 0.868. The van der Waals surface area contributed by atoms with Gasteiger partial charge in [-0.3, -0.25) is 4.79 Å². The molecule has 2 aliphatic rings. The average Bonchev–Trinajstić information content (AvgIpc) is 2.98. The van der Waals surface area contributed by atoms with Gasteiger partial charge in [-0.15, -0.1) is 0 Å². The van der Waals surface area contributed by atoms with Gasteiger partial charge in [-0.2, -0.15) is 0 Å². The molecule has 0 bridgehead atoms. The molecule has 1 amide bonds. The van der Waals surface area contributed by atoms with Gasteiger partial charge >= 0.3 is 0 Å². The smallest absolute Gasteiger partial charge is 0.277 e. The third-order valence-corrected chi connectivity index (χ3v) is 4.30. The number of nitrogens with two attached hydrogens (primary N) is 1. The topological polar surface area (TPSA) is 55.4 Å². The fourth-order valence-electron chi connectivity index (χ4n) is 2.99. The second-order valence-electron chi connectivity index (χ2n) is 5.81. The molecule has 2 aliphatic heterocycles. The Morgan fingerprint density at radius 2 is 1.82 bits per heavy atom. The van der Waals surface area contributed by atoms with E-state index >= 15 is 0 Å². The van der Waals surface area contributed by atoms with Gasteiger partial charge in [0.15, 0.2) is 12.3 Å². The van der Waals surface area contributed by atoms with E-state index in [4.69, 9.17) is 9.47 Å². The number of hydrogen-bond acceptors (Lipinski definition) is 3. The Morgan fingerprint density at radius 1 is 1.18 bits per heavy atom. The lowest BCUT2D eigenvalue weighted by molar-refractivity contribution is -0.660. The van der Waals surface area contributed by atoms with Crippen molar-refractivity contribution in [3.05, 3.63) is 35.6 Å². The molecule has 5 nitrogen and oxygen atoms in total. The normalized spacial score (nSPS) is 20.5. The van der Waals surface area contributed by atoms with Gasteiger partial charge in [0.2, 0.25) is 0 Å². The molecular formula is C16H22FN2O3+. The molecule has 0 aromatic heterocycles. The summed E-state index contributed by atoms with van der Waals surface area (Å²) in [5.74, 6) is -0.539. The van der Waals surface area contributed by atoms with Crippen LogP contribution in [0.1, 0.15) is 18.4 Å². The van der Waals surface area contributed by atoms with Crippen LogP contribution in [0.5, 0.6) is 0 Å². The molecule has 0 atom stereocenters. The van der Waals surface area contributed by atoms with Crippen molar-refractivity contribution < 1.29 is 24.0 Å². The maximum absolute atomic E-state index is 12.8. The van der Waals surface area contributed by atoms with Crippen molar-refractivity contribution in [3.63, 3.8) is 0 Å². The van der Waals surface area contributed by atoms with Crippen molar-refractivity contribution in [2.24, 2.45) is 0 Å². The highest BCUT2D eigenvalue weighted by Gasteiger charge is 2.40. The number of hydrogen-bond donors (Lipinski definition) is 1. The molecule has 2 fully saturated rings. The van der Waals surface area contributed by atoms with Crippen LogP contribution in [0, 0.1) is 5.82 Å². The summed E-state index contributed by atoms with van der Waals surface area (Å²) in [4.78, 5) is 14.1. The van der Waals surface area contributed by atoms with Gasteiger partial charge in [-0.05, 0) is 12.1 Å². The van der Waals surface area contributed by atoms with Crippen molar-refractivity contribution in [1.29, 1.82) is 0 Å². The molecule has 0 saturated carbocycles. The Morgan fingerprint density at radius 3 is 2.45 bits per heavy atom. The maximum atomic E-state index is 12.8. The molecule has 22 heavy (non-hydrogen) atoms. The minimum Gasteiger partial charge on any atom is -0.347 e. The molecule has 6 heteroatoms. The Hall–Kier alpha value is -1.50. The molecule has 1 spiro atoms. The summed E-state index contributed by atoms with van der Waals surface area (Å²) >= 11 is 0. The summed E-state index contributed by atoms with van der Waals surface area (Å²) < 4.78 is 24.1. The second kappa shape index (κ2) is 6.73. The molecule has 3 rings (SSSR count). The predicted molar refractivity (Wildman–Crippen MR) is 77.3 cm³/mol. The van der Waals surface area contributed by atoms with Gasteiger partial charge in [-0.25, -0.2) is 4.39 Å². The fraction of sp³-hybridized carbons (Fsp3) is 0.562. The van der Waals surface area contributed by atoms with Crippen LogP contribution in [-0.2, 0) is 20.8 Å². The Balaban J connectivity index is 1.40. The first-order valence-corrected chi connectivity index (χ1v) is 7.79. The lowest BCUT2D eigenvalue weighted by Crippen LogP contribution is -2.85. The summed E-state index contributed by atoms with van der Waals surface area (Å²) in [6.07, 6.45) is 1.49. The van der Waals surface area contributed by atoms with Crippen molar-refractivity contribution in [3.8, 4) is 0 Å². The van der Waals surface area contributed by atoms with E-state index in [0.717, 1.165) is 18.4 Å². The standard InChI is InChI=1S/C16H21FN2O3/c17-14-3-1-13(2-4-14)11-18-12-15(20)19-7-5-16(6-8-19)21-9-10-22-16/h1-4,18H,5-12H2/p+1. The fourth-order valence-corrected chi connectivity index (χ4v) is 2.99. The van der Waals surface area contributed by atoms with Crippen LogP contribution >= 0.6 is 0 Å². The van der Waals surface area contributed by atoms with Crippen LogP contribution in [0.2, 0.25) is 0 Å². The van der Waals surface area contributed by atoms with E-state index in [-0.39, 0.29) is 11.7 Å². The lowest BCUT2D eigenvalue weighted by Gasteiger charge is -2.37. The number of likely N-dealkylation sites (tertiary alicyclic amines) is 1. The van der Waals surface area contributed by atoms with Gasteiger partial charge in [0.05, 0.1) is 13.2 Å². The lowest BCUT2D eigenvalue weighted by atomic mass is 10.0. The van der Waals surface area contributed by atoms with Crippen molar-refractivity contribution >= 4 is 5.91 Å². The van der Waals surface area contributed by atoms with E-state index in [2.05, 4.69) is 0 Å². The maximum Gasteiger partial charge on any atom is 0.277 e. The number of rotatable bonds is 4. The molecule has 0 unspecified atom stereocenters. The van der Waals surface area contributed by atoms with Crippen LogP contribution in [0.3, 0.4) is 0 Å². The van der Waals surface area contributed by atoms with Gasteiger partial charge in [0.25, 0.3) is 5.91 Å². The van der Waals surface area contributed by atoms with Crippen LogP contribution < -0.4 is 5.32 Å². The van der Waals surface area contributed by atoms with E-state index in [9.17, 15) is 9.18 Å². The molecule has 0 aliphatic carbocycles. The molecule has 2 saturated heterocycles. The van der Waals surface area contributed by atoms with Gasteiger partial charge in [0.1, 0.15) is 12.4 Å². The van der Waals surface area contributed by atoms with E-state index in [1.54, 1.807) is 12.1 Å². The highest BCUT2D eigenvalue weighted by molar-refractivity contribution is 5.77. The number of carbonyl (C=O) groups excluding carboxylic acids is 1. The number of amides is 1. The molecule has 2 N–H and O–H groups in total. The van der Waals surface area contributed by atoms with Crippen LogP contribution in [0.4, 0.5) is 4.39 Å². The SMILES string of the molecule is O=C(C[NH2+]Cc1ccc(F)cc1)N1CCC2(CC1)OCCO2. The predicted octanol–water partition coefficient (Wildman–Crippen LogP) is 0.255. The first-order valence-electron chi connectivity index (χ1n) is 7.79. The summed E-state index contributed by atoms with van der Waals surface area (Å²) in [6, 6.07) is 6.37. The van der Waals surface area contributed by atoms with Gasteiger partial charge < -0.3 is 19.7 Å². The number of piperidine rings is 1. The molecule has 2 heterocycles. The number of carbonyl (C=O) groups is 1. The molecule has 120 valence electrons. The summed E-state index contributed by atoms with van der Waals surface area (Å²) in [7, 11) is 0. The third kappa shape index (κ3) is 3.63. The molecule has 1 aromatic carbocycles. The number of nitrogens with zero attached hydrogens (tertiary/aromatic N) is 1. The zero-order valence-electron chi connectivity index (χ0n) is 12.6. The van der Waals surface area contributed by atoms with E-state index in [0.29, 0.717) is 39.4 Å². The summed E-state index contributed by atoms with van der Waals surface area (Å²) in [5.41, 5.74) is 1.01. The zero-order chi connectivity index (χ0) is 15.4. The highest BCUT2D eigenvalue weighted by Crippen LogP contribution is 2.31. The Bertz CT molecular complexity index is 505. The highest BCUT2D eigenvalue weighted by atomic mass is 19.1. The van der Waals surface area contributed by atoms with E-state index in [1.807, 2.05) is 10.2 Å². The van der Waals surface area contributed by atoms with Crippen LogP contribution in [0.25, 0.3) is 0 Å². The van der Waals surface area contributed by atoms with Crippen molar-refractivity contribution in [2.45, 2.75) is 25.2 Å². The second-order valence-corrected chi connectivity index (χ2v) is 5.81. The monoisotopic (exact) mass is 309 g/mol. The molecule has 1 aromatic rings.